The number of likely N-dealkylation sites (N-methyl/N-ethyl adjacent to an activating group) is 1. The number of carbonyl (C=O) groups excluding carboxylic acids is 3. The lowest BCUT2D eigenvalue weighted by Crippen LogP contribution is -2.50. The first-order valence-electron chi connectivity index (χ1n) is 12.0. The Labute approximate surface area is 204 Å². The fourth-order valence-corrected chi connectivity index (χ4v) is 4.45. The Morgan fingerprint density at radius 3 is 2.57 bits per heavy atom. The van der Waals surface area contributed by atoms with Gasteiger partial charge >= 0.3 is 0 Å². The summed E-state index contributed by atoms with van der Waals surface area (Å²) in [5.41, 5.74) is 2.02. The third kappa shape index (κ3) is 6.15. The highest BCUT2D eigenvalue weighted by atomic mass is 16.4. The van der Waals surface area contributed by atoms with E-state index in [-0.39, 0.29) is 23.5 Å². The topological polar surface area (TPSA) is 113 Å². The van der Waals surface area contributed by atoms with Gasteiger partial charge in [0.2, 0.25) is 5.91 Å². The smallest absolute Gasteiger partial charge is 0.287 e. The Morgan fingerprint density at radius 1 is 1.00 bits per heavy atom. The van der Waals surface area contributed by atoms with Crippen molar-refractivity contribution in [3.8, 4) is 11.3 Å². The van der Waals surface area contributed by atoms with E-state index in [1.54, 1.807) is 43.6 Å². The highest BCUT2D eigenvalue weighted by Crippen LogP contribution is 2.27. The van der Waals surface area contributed by atoms with Crippen molar-refractivity contribution >= 4 is 17.7 Å². The summed E-state index contributed by atoms with van der Waals surface area (Å²) in [5.74, 6) is -0.0379. The zero-order valence-corrected chi connectivity index (χ0v) is 19.8. The van der Waals surface area contributed by atoms with Gasteiger partial charge in [-0.05, 0) is 54.7 Å². The molecule has 4 rings (SSSR count). The van der Waals surface area contributed by atoms with Crippen LogP contribution in [0.1, 0.15) is 58.7 Å². The van der Waals surface area contributed by atoms with Crippen LogP contribution in [-0.2, 0) is 11.3 Å². The van der Waals surface area contributed by atoms with Gasteiger partial charge in [0, 0.05) is 25.4 Å². The number of aromatic nitrogens is 1. The molecule has 35 heavy (non-hydrogen) atoms. The molecule has 3 aromatic rings. The predicted molar refractivity (Wildman–Crippen MR) is 131 cm³/mol. The van der Waals surface area contributed by atoms with Gasteiger partial charge in [0.1, 0.15) is 17.5 Å². The van der Waals surface area contributed by atoms with Crippen molar-refractivity contribution < 1.29 is 18.8 Å². The Bertz CT molecular complexity index is 1170. The molecule has 8 heteroatoms. The highest BCUT2D eigenvalue weighted by molar-refractivity contribution is 5.96. The SMILES string of the molecule is CNC(=O)C(NC(=O)c1ccc(-c2cccc(CNC(=O)c3ccccn3)c2)o1)C1CCCCC1. The van der Waals surface area contributed by atoms with Gasteiger partial charge in [-0.2, -0.15) is 0 Å². The van der Waals surface area contributed by atoms with E-state index in [0.29, 0.717) is 18.0 Å². The van der Waals surface area contributed by atoms with Gasteiger partial charge in [-0.3, -0.25) is 19.4 Å². The zero-order chi connectivity index (χ0) is 24.6. The summed E-state index contributed by atoms with van der Waals surface area (Å²) in [5, 5.41) is 8.40. The first kappa shape index (κ1) is 24.2. The molecule has 182 valence electrons. The van der Waals surface area contributed by atoms with E-state index in [1.165, 1.54) is 6.42 Å². The Hall–Kier alpha value is -3.94. The molecule has 1 unspecified atom stereocenters. The second-order valence-electron chi connectivity index (χ2n) is 8.73. The lowest BCUT2D eigenvalue weighted by molar-refractivity contribution is -0.124. The van der Waals surface area contributed by atoms with E-state index in [2.05, 4.69) is 20.9 Å². The van der Waals surface area contributed by atoms with E-state index in [4.69, 9.17) is 4.42 Å². The van der Waals surface area contributed by atoms with Gasteiger partial charge in [-0.1, -0.05) is 43.5 Å². The van der Waals surface area contributed by atoms with Crippen molar-refractivity contribution in [3.63, 3.8) is 0 Å². The monoisotopic (exact) mass is 474 g/mol. The summed E-state index contributed by atoms with van der Waals surface area (Å²) in [7, 11) is 1.58. The molecule has 3 amide bonds. The van der Waals surface area contributed by atoms with Crippen molar-refractivity contribution in [2.45, 2.75) is 44.7 Å². The standard InChI is InChI=1S/C27H30N4O4/c1-28-27(34)24(19-9-3-2-4-10-19)31-26(33)23-14-13-22(35-23)20-11-7-8-18(16-20)17-30-25(32)21-12-5-6-15-29-21/h5-8,11-16,19,24H,2-4,9-10,17H2,1H3,(H,28,34)(H,30,32)(H,31,33). The maximum atomic E-state index is 12.9. The minimum Gasteiger partial charge on any atom is -0.451 e. The van der Waals surface area contributed by atoms with Crippen LogP contribution in [0.4, 0.5) is 0 Å². The number of hydrogen-bond donors (Lipinski definition) is 3. The minimum absolute atomic E-state index is 0.125. The molecule has 0 radical (unpaired) electrons. The fraction of sp³-hybridized carbons (Fsp3) is 0.333. The Balaban J connectivity index is 1.41. The van der Waals surface area contributed by atoms with Gasteiger partial charge in [-0.25, -0.2) is 0 Å². The normalized spacial score (nSPS) is 14.7. The van der Waals surface area contributed by atoms with E-state index >= 15 is 0 Å². The van der Waals surface area contributed by atoms with Crippen molar-refractivity contribution in [2.75, 3.05) is 7.05 Å². The van der Waals surface area contributed by atoms with Gasteiger partial charge in [0.25, 0.3) is 11.8 Å². The first-order chi connectivity index (χ1) is 17.0. The zero-order valence-electron chi connectivity index (χ0n) is 19.8. The largest absolute Gasteiger partial charge is 0.451 e. The van der Waals surface area contributed by atoms with Gasteiger partial charge < -0.3 is 20.4 Å². The van der Waals surface area contributed by atoms with Gasteiger partial charge in [0.05, 0.1) is 0 Å². The summed E-state index contributed by atoms with van der Waals surface area (Å²) in [6, 6.07) is 15.5. The first-order valence-corrected chi connectivity index (χ1v) is 12.0. The number of rotatable bonds is 8. The molecule has 0 bridgehead atoms. The van der Waals surface area contributed by atoms with Crippen LogP contribution in [0.15, 0.2) is 65.2 Å². The van der Waals surface area contributed by atoms with Gasteiger partial charge in [0.15, 0.2) is 5.76 Å². The van der Waals surface area contributed by atoms with Crippen LogP contribution >= 0.6 is 0 Å². The number of carbonyl (C=O) groups is 3. The lowest BCUT2D eigenvalue weighted by atomic mass is 9.83. The second-order valence-corrected chi connectivity index (χ2v) is 8.73. The highest BCUT2D eigenvalue weighted by Gasteiger charge is 2.31. The quantitative estimate of drug-likeness (QED) is 0.461. The number of furan rings is 1. The molecule has 8 nitrogen and oxygen atoms in total. The molecular weight excluding hydrogens is 444 g/mol. The summed E-state index contributed by atoms with van der Waals surface area (Å²) < 4.78 is 5.84. The third-order valence-electron chi connectivity index (χ3n) is 6.33. The molecule has 3 N–H and O–H groups in total. The molecule has 2 aromatic heterocycles. The molecule has 0 saturated heterocycles. The summed E-state index contributed by atoms with van der Waals surface area (Å²) in [6.07, 6.45) is 6.72. The van der Waals surface area contributed by atoms with Crippen LogP contribution in [0.2, 0.25) is 0 Å². The summed E-state index contributed by atoms with van der Waals surface area (Å²) in [4.78, 5) is 41.7. The number of nitrogens with one attached hydrogen (secondary N) is 3. The van der Waals surface area contributed by atoms with E-state index in [1.807, 2.05) is 24.3 Å². The number of pyridine rings is 1. The fourth-order valence-electron chi connectivity index (χ4n) is 4.45. The van der Waals surface area contributed by atoms with Crippen molar-refractivity contribution in [1.82, 2.24) is 20.9 Å². The van der Waals surface area contributed by atoms with E-state index in [0.717, 1.165) is 36.8 Å². The number of amides is 3. The maximum Gasteiger partial charge on any atom is 0.287 e. The van der Waals surface area contributed by atoms with Crippen LogP contribution in [0.3, 0.4) is 0 Å². The predicted octanol–water partition coefficient (Wildman–Crippen LogP) is 3.70. The Kier molecular flexibility index (Phi) is 7.92. The van der Waals surface area contributed by atoms with E-state index < -0.39 is 11.9 Å². The molecule has 1 aromatic carbocycles. The molecule has 1 aliphatic rings. The molecular formula is C27H30N4O4. The second kappa shape index (κ2) is 11.5. The third-order valence-corrected chi connectivity index (χ3v) is 6.33. The maximum absolute atomic E-state index is 12.9. The average Bonchev–Trinajstić information content (AvgIpc) is 3.42. The molecule has 1 aliphatic carbocycles. The van der Waals surface area contributed by atoms with Crippen molar-refractivity contribution in [2.24, 2.45) is 5.92 Å². The van der Waals surface area contributed by atoms with Crippen LogP contribution in [0.25, 0.3) is 11.3 Å². The summed E-state index contributed by atoms with van der Waals surface area (Å²) >= 11 is 0. The number of hydrogen-bond acceptors (Lipinski definition) is 5. The average molecular weight is 475 g/mol. The molecule has 1 fully saturated rings. The van der Waals surface area contributed by atoms with Gasteiger partial charge in [-0.15, -0.1) is 0 Å². The molecule has 1 atom stereocenters. The number of nitrogens with zero attached hydrogens (tertiary/aromatic N) is 1. The van der Waals surface area contributed by atoms with Crippen LogP contribution in [-0.4, -0.2) is 35.8 Å². The number of benzene rings is 1. The minimum atomic E-state index is -0.576. The lowest BCUT2D eigenvalue weighted by Gasteiger charge is -2.29. The molecule has 1 saturated carbocycles. The summed E-state index contributed by atoms with van der Waals surface area (Å²) in [6.45, 7) is 0.326. The molecule has 0 spiro atoms. The van der Waals surface area contributed by atoms with Crippen molar-refractivity contribution in [1.29, 1.82) is 0 Å². The van der Waals surface area contributed by atoms with Crippen LogP contribution in [0, 0.1) is 5.92 Å². The van der Waals surface area contributed by atoms with Crippen LogP contribution < -0.4 is 16.0 Å². The van der Waals surface area contributed by atoms with E-state index in [9.17, 15) is 14.4 Å². The van der Waals surface area contributed by atoms with Crippen molar-refractivity contribution in [3.05, 3.63) is 77.8 Å². The van der Waals surface area contributed by atoms with Crippen LogP contribution in [0.5, 0.6) is 0 Å². The molecule has 0 aliphatic heterocycles. The Morgan fingerprint density at radius 2 is 1.83 bits per heavy atom. The molecule has 2 heterocycles.